The normalized spacial score (nSPS) is 21.8. The Morgan fingerprint density at radius 2 is 1.76 bits per heavy atom. The van der Waals surface area contributed by atoms with Gasteiger partial charge in [0.25, 0.3) is 17.4 Å². The molecule has 4 nitrogen and oxygen atoms in total. The van der Waals surface area contributed by atoms with Crippen molar-refractivity contribution in [2.24, 2.45) is 5.16 Å². The van der Waals surface area contributed by atoms with Crippen LogP contribution in [0.25, 0.3) is 0 Å². The van der Waals surface area contributed by atoms with Crippen LogP contribution in [0, 0.1) is 12.7 Å². The molecule has 1 aliphatic heterocycles. The molecule has 1 aliphatic carbocycles. The Labute approximate surface area is 208 Å². The Bertz CT molecular complexity index is 1280. The van der Waals surface area contributed by atoms with Crippen molar-refractivity contribution >= 4 is 23.2 Å². The summed E-state index contributed by atoms with van der Waals surface area (Å²) in [4.78, 5) is 17.1. The lowest BCUT2D eigenvalue weighted by Crippen LogP contribution is -2.50. The molecule has 1 heterocycles. The highest BCUT2D eigenvalue weighted by molar-refractivity contribution is 6.30. The van der Waals surface area contributed by atoms with E-state index in [0.717, 1.165) is 0 Å². The second-order valence-electron chi connectivity index (χ2n) is 8.91. The molecule has 0 radical (unpaired) electrons. The Morgan fingerprint density at radius 3 is 2.30 bits per heavy atom. The van der Waals surface area contributed by atoms with Gasteiger partial charge in [-0.1, -0.05) is 22.8 Å². The number of rotatable bonds is 4. The quantitative estimate of drug-likeness (QED) is 0.414. The van der Waals surface area contributed by atoms with Crippen molar-refractivity contribution in [2.45, 2.75) is 56.1 Å². The molecule has 37 heavy (non-hydrogen) atoms. The summed E-state index contributed by atoms with van der Waals surface area (Å²) >= 11 is 5.49. The Morgan fingerprint density at radius 1 is 1.11 bits per heavy atom. The molecule has 2 aromatic carbocycles. The summed E-state index contributed by atoms with van der Waals surface area (Å²) in [5.41, 5.74) is -6.36. The maximum Gasteiger partial charge on any atom is 0.435 e. The summed E-state index contributed by atoms with van der Waals surface area (Å²) in [6.07, 6.45) is -12.7. The van der Waals surface area contributed by atoms with E-state index in [4.69, 9.17) is 16.4 Å². The maximum absolute atomic E-state index is 14.2. The second kappa shape index (κ2) is 8.81. The van der Waals surface area contributed by atoms with Gasteiger partial charge in [-0.2, -0.15) is 26.3 Å². The summed E-state index contributed by atoms with van der Waals surface area (Å²) in [6.45, 7) is 1.45. The minimum absolute atomic E-state index is 0.0180. The molecule has 0 bridgehead atoms. The van der Waals surface area contributed by atoms with E-state index in [1.807, 2.05) is 0 Å². The summed E-state index contributed by atoms with van der Waals surface area (Å²) in [5.74, 6) is -5.43. The van der Waals surface area contributed by atoms with Gasteiger partial charge in [0.1, 0.15) is 0 Å². The number of amides is 1. The number of carbonyl (C=O) groups is 1. The monoisotopic (exact) mass is 558 g/mol. The molecule has 0 aromatic heterocycles. The minimum atomic E-state index is -5.33. The first-order chi connectivity index (χ1) is 16.9. The van der Waals surface area contributed by atoms with Crippen molar-refractivity contribution in [1.29, 1.82) is 0 Å². The van der Waals surface area contributed by atoms with Gasteiger partial charge in [-0.05, 0) is 42.3 Å². The highest BCUT2D eigenvalue weighted by Gasteiger charge is 2.63. The zero-order chi connectivity index (χ0) is 27.6. The van der Waals surface area contributed by atoms with Gasteiger partial charge in [-0.25, -0.2) is 13.2 Å². The van der Waals surface area contributed by atoms with E-state index in [1.165, 1.54) is 25.1 Å². The Kier molecular flexibility index (Phi) is 6.45. The summed E-state index contributed by atoms with van der Waals surface area (Å²) in [5, 5.41) is 4.71. The van der Waals surface area contributed by atoms with Gasteiger partial charge in [0.15, 0.2) is 5.82 Å². The zero-order valence-corrected chi connectivity index (χ0v) is 19.4. The number of nitrogens with zero attached hydrogens (tertiary/aromatic N) is 1. The molecule has 2 aromatic rings. The number of halogens is 10. The van der Waals surface area contributed by atoms with E-state index in [9.17, 15) is 44.3 Å². The Hall–Kier alpha value is -2.96. The number of benzene rings is 2. The first-order valence-corrected chi connectivity index (χ1v) is 11.0. The highest BCUT2D eigenvalue weighted by atomic mass is 35.5. The third-order valence-electron chi connectivity index (χ3n) is 6.22. The van der Waals surface area contributed by atoms with Crippen LogP contribution in [0.4, 0.5) is 39.5 Å². The van der Waals surface area contributed by atoms with Gasteiger partial charge in [-0.15, -0.1) is 0 Å². The molecule has 14 heteroatoms. The molecule has 1 saturated carbocycles. The standard InChI is InChI=1S/C23H16ClF9N2O2/c1-10-4-11(2-3-14(10)19(36)34-13-7-20(26,27)8-13)17-9-21(37-35-17,23(31,32)33)12-5-15(22(28,29)30)18(25)16(24)6-12/h2-6,13H,7-9H2,1H3,(H,34,36)/t21-/m1/s1. The molecule has 0 spiro atoms. The van der Waals surface area contributed by atoms with Crippen LogP contribution in [0.5, 0.6) is 0 Å². The molecule has 1 amide bonds. The van der Waals surface area contributed by atoms with E-state index in [2.05, 4.69) is 10.5 Å². The van der Waals surface area contributed by atoms with E-state index < -0.39 is 77.1 Å². The van der Waals surface area contributed by atoms with Crippen LogP contribution in [-0.4, -0.2) is 29.8 Å². The number of aryl methyl sites for hydroxylation is 1. The van der Waals surface area contributed by atoms with Crippen LogP contribution in [0.1, 0.15) is 51.9 Å². The number of nitrogens with one attached hydrogen (secondary N) is 1. The van der Waals surface area contributed by atoms with E-state index in [-0.39, 0.29) is 28.5 Å². The largest absolute Gasteiger partial charge is 0.435 e. The molecule has 0 unspecified atom stereocenters. The molecule has 0 saturated heterocycles. The van der Waals surface area contributed by atoms with Crippen LogP contribution < -0.4 is 5.32 Å². The van der Waals surface area contributed by atoms with Gasteiger partial charge in [0, 0.05) is 36.4 Å². The number of carbonyl (C=O) groups excluding carboxylic acids is 1. The van der Waals surface area contributed by atoms with Gasteiger partial charge in [0.05, 0.1) is 16.3 Å². The second-order valence-corrected chi connectivity index (χ2v) is 9.32. The minimum Gasteiger partial charge on any atom is -0.374 e. The average Bonchev–Trinajstić information content (AvgIpc) is 3.20. The SMILES string of the molecule is Cc1cc(C2=NO[C@](c3cc(Cl)c(F)c(C(F)(F)F)c3)(C(F)(F)F)C2)ccc1C(=O)NC1CC(F)(F)C1. The molecule has 1 atom stereocenters. The fraction of sp³-hybridized carbons (Fsp3) is 0.391. The molecular weight excluding hydrogens is 543 g/mol. The fourth-order valence-electron chi connectivity index (χ4n) is 4.21. The fourth-order valence-corrected chi connectivity index (χ4v) is 4.43. The van der Waals surface area contributed by atoms with Gasteiger partial charge < -0.3 is 10.2 Å². The molecule has 200 valence electrons. The lowest BCUT2D eigenvalue weighted by atomic mass is 9.85. The Balaban J connectivity index is 1.62. The van der Waals surface area contributed by atoms with Crippen molar-refractivity contribution in [3.8, 4) is 0 Å². The van der Waals surface area contributed by atoms with Crippen molar-refractivity contribution in [1.82, 2.24) is 5.32 Å². The number of alkyl halides is 8. The number of hydrogen-bond acceptors (Lipinski definition) is 3. The topological polar surface area (TPSA) is 50.7 Å². The van der Waals surface area contributed by atoms with Gasteiger partial charge in [-0.3, -0.25) is 4.79 Å². The molecule has 1 N–H and O–H groups in total. The van der Waals surface area contributed by atoms with Crippen molar-refractivity contribution < 1.29 is 49.1 Å². The molecule has 1 fully saturated rings. The highest BCUT2D eigenvalue weighted by Crippen LogP contribution is 2.50. The van der Waals surface area contributed by atoms with Crippen LogP contribution >= 0.6 is 11.6 Å². The summed E-state index contributed by atoms with van der Waals surface area (Å²) < 4.78 is 122. The maximum atomic E-state index is 14.2. The van der Waals surface area contributed by atoms with E-state index >= 15 is 0 Å². The number of hydrogen-bond donors (Lipinski definition) is 1. The van der Waals surface area contributed by atoms with Crippen LogP contribution in [0.3, 0.4) is 0 Å². The first kappa shape index (κ1) is 27.1. The lowest BCUT2D eigenvalue weighted by Gasteiger charge is -2.35. The third-order valence-corrected chi connectivity index (χ3v) is 6.49. The van der Waals surface area contributed by atoms with Crippen LogP contribution in [0.2, 0.25) is 5.02 Å². The third kappa shape index (κ3) is 4.97. The molecular formula is C23H16ClF9N2O2. The number of oxime groups is 1. The summed E-state index contributed by atoms with van der Waals surface area (Å²) in [6, 6.07) is 3.47. The van der Waals surface area contributed by atoms with Gasteiger partial charge >= 0.3 is 12.4 Å². The van der Waals surface area contributed by atoms with Crippen molar-refractivity contribution in [3.05, 3.63) is 69.0 Å². The van der Waals surface area contributed by atoms with E-state index in [0.29, 0.717) is 6.07 Å². The van der Waals surface area contributed by atoms with Crippen molar-refractivity contribution in [3.63, 3.8) is 0 Å². The average molecular weight is 559 g/mol. The van der Waals surface area contributed by atoms with Crippen molar-refractivity contribution in [2.75, 3.05) is 0 Å². The predicted octanol–water partition coefficient (Wildman–Crippen LogP) is 6.92. The smallest absolute Gasteiger partial charge is 0.374 e. The molecule has 2 aliphatic rings. The van der Waals surface area contributed by atoms with Crippen LogP contribution in [0.15, 0.2) is 35.5 Å². The van der Waals surface area contributed by atoms with E-state index in [1.54, 1.807) is 0 Å². The van der Waals surface area contributed by atoms with Crippen LogP contribution in [-0.2, 0) is 16.6 Å². The first-order valence-electron chi connectivity index (χ1n) is 10.6. The lowest BCUT2D eigenvalue weighted by molar-refractivity contribution is -0.276. The van der Waals surface area contributed by atoms with Gasteiger partial charge in [0.2, 0.25) is 0 Å². The zero-order valence-electron chi connectivity index (χ0n) is 18.6. The molecule has 4 rings (SSSR count). The summed E-state index contributed by atoms with van der Waals surface area (Å²) in [7, 11) is 0. The predicted molar refractivity (Wildman–Crippen MR) is 113 cm³/mol.